The zero-order valence-electron chi connectivity index (χ0n) is 17.3. The van der Waals surface area contributed by atoms with Gasteiger partial charge in [0.05, 0.1) is 13.2 Å². The molecule has 1 aromatic carbocycles. The van der Waals surface area contributed by atoms with Crippen molar-refractivity contribution in [3.05, 3.63) is 57.3 Å². The second-order valence-electron chi connectivity index (χ2n) is 7.33. The number of benzene rings is 1. The van der Waals surface area contributed by atoms with E-state index in [0.717, 1.165) is 12.5 Å². The lowest BCUT2D eigenvalue weighted by molar-refractivity contribution is 0.0422. The van der Waals surface area contributed by atoms with Crippen LogP contribution in [0.1, 0.15) is 56.3 Å². The highest BCUT2D eigenvalue weighted by atomic mass is 19.2. The van der Waals surface area contributed by atoms with E-state index >= 15 is 0 Å². The molecule has 0 saturated carbocycles. The van der Waals surface area contributed by atoms with E-state index in [1.165, 1.54) is 19.2 Å². The van der Waals surface area contributed by atoms with E-state index in [-0.39, 0.29) is 36.0 Å². The molecule has 1 aliphatic heterocycles. The lowest BCUT2D eigenvalue weighted by Crippen LogP contribution is -2.23. The van der Waals surface area contributed by atoms with Gasteiger partial charge in [-0.05, 0) is 38.3 Å². The molecule has 160 valence electrons. The minimum atomic E-state index is -0.940. The van der Waals surface area contributed by atoms with Gasteiger partial charge in [0, 0.05) is 23.8 Å². The number of nitrogens with zero attached hydrogens (tertiary/aromatic N) is 1. The molecule has 0 radical (unpaired) electrons. The zero-order chi connectivity index (χ0) is 21.7. The predicted octanol–water partition coefficient (Wildman–Crippen LogP) is 3.63. The van der Waals surface area contributed by atoms with Gasteiger partial charge in [0.15, 0.2) is 11.6 Å². The Kier molecular flexibility index (Phi) is 7.87. The fourth-order valence-electron chi connectivity index (χ4n) is 3.24. The molecule has 0 amide bonds. The first-order valence-corrected chi connectivity index (χ1v) is 9.54. The monoisotopic (exact) mass is 410 g/mol. The molecule has 4 atom stereocenters. The third-order valence-electron chi connectivity index (χ3n) is 5.14. The van der Waals surface area contributed by atoms with Gasteiger partial charge in [0.2, 0.25) is 5.82 Å². The first-order chi connectivity index (χ1) is 13.7. The van der Waals surface area contributed by atoms with E-state index < -0.39 is 11.6 Å². The molecule has 1 aromatic heterocycles. The van der Waals surface area contributed by atoms with Crippen molar-refractivity contribution in [2.45, 2.75) is 52.2 Å². The molecule has 2 heterocycles. The van der Waals surface area contributed by atoms with Crippen molar-refractivity contribution in [2.24, 2.45) is 5.92 Å². The van der Waals surface area contributed by atoms with Crippen LogP contribution in [0.25, 0.3) is 0 Å². The summed E-state index contributed by atoms with van der Waals surface area (Å²) in [4.78, 5) is 19.4. The summed E-state index contributed by atoms with van der Waals surface area (Å²) in [6.07, 6.45) is 0.930. The van der Waals surface area contributed by atoms with Crippen LogP contribution in [-0.4, -0.2) is 34.9 Å². The van der Waals surface area contributed by atoms with Crippen molar-refractivity contribution < 1.29 is 23.4 Å². The van der Waals surface area contributed by atoms with Crippen LogP contribution in [0.2, 0.25) is 0 Å². The maximum Gasteiger partial charge on any atom is 0.254 e. The Morgan fingerprint density at radius 1 is 1.38 bits per heavy atom. The Labute approximate surface area is 168 Å². The number of halogens is 2. The molecule has 0 aliphatic carbocycles. The Bertz CT molecular complexity index is 877. The number of aromatic amines is 1. The van der Waals surface area contributed by atoms with Crippen LogP contribution in [0.15, 0.2) is 23.0 Å². The number of aryl methyl sites for hydroxylation is 1. The smallest absolute Gasteiger partial charge is 0.254 e. The number of nitrogens with one attached hydrogen (secondary N) is 1. The summed E-state index contributed by atoms with van der Waals surface area (Å²) in [5, 5.41) is 9.18. The van der Waals surface area contributed by atoms with Gasteiger partial charge in [-0.25, -0.2) is 9.37 Å². The first kappa shape index (κ1) is 23.0. The van der Waals surface area contributed by atoms with Gasteiger partial charge in [-0.3, -0.25) is 4.79 Å². The molecule has 29 heavy (non-hydrogen) atoms. The number of aliphatic hydroxyl groups is 1. The number of hydrogen-bond donors (Lipinski definition) is 2. The lowest BCUT2D eigenvalue weighted by atomic mass is 10.0. The van der Waals surface area contributed by atoms with Crippen LogP contribution in [0, 0.1) is 24.5 Å². The van der Waals surface area contributed by atoms with Gasteiger partial charge in [-0.2, -0.15) is 4.39 Å². The van der Waals surface area contributed by atoms with Crippen molar-refractivity contribution in [1.82, 2.24) is 9.97 Å². The van der Waals surface area contributed by atoms with Crippen LogP contribution >= 0.6 is 0 Å². The quantitative estimate of drug-likeness (QED) is 0.804. The predicted molar refractivity (Wildman–Crippen MR) is 105 cm³/mol. The van der Waals surface area contributed by atoms with Gasteiger partial charge in [-0.1, -0.05) is 19.9 Å². The van der Waals surface area contributed by atoms with Gasteiger partial charge in [-0.15, -0.1) is 0 Å². The molecule has 6 nitrogen and oxygen atoms in total. The minimum absolute atomic E-state index is 0.0566. The van der Waals surface area contributed by atoms with Gasteiger partial charge >= 0.3 is 0 Å². The summed E-state index contributed by atoms with van der Waals surface area (Å²) in [5.41, 5.74) is 1.07. The van der Waals surface area contributed by atoms with Gasteiger partial charge in [0.1, 0.15) is 11.9 Å². The number of aliphatic hydroxyl groups excluding tert-OH is 1. The number of H-pyrrole nitrogens is 1. The topological polar surface area (TPSA) is 84.4 Å². The highest BCUT2D eigenvalue weighted by Crippen LogP contribution is 2.34. The second kappa shape index (κ2) is 9.93. The normalized spacial score (nSPS) is 22.0. The minimum Gasteiger partial charge on any atom is -0.494 e. The third-order valence-corrected chi connectivity index (χ3v) is 5.14. The van der Waals surface area contributed by atoms with Crippen LogP contribution in [0.3, 0.4) is 0 Å². The SMILES string of the molecule is COc1cccc(F)c1F.Cc1nc(C2CC(C)C(C)O2)[nH]c(=O)c1C(C)CO. The van der Waals surface area contributed by atoms with E-state index in [1.807, 2.05) is 20.8 Å². The van der Waals surface area contributed by atoms with E-state index in [1.54, 1.807) is 0 Å². The summed E-state index contributed by atoms with van der Waals surface area (Å²) in [6.45, 7) is 7.74. The molecule has 1 fully saturated rings. The maximum atomic E-state index is 12.5. The Hall–Kier alpha value is -2.32. The molecule has 2 N–H and O–H groups in total. The van der Waals surface area contributed by atoms with Crippen LogP contribution in [0.4, 0.5) is 8.78 Å². The molecule has 0 spiro atoms. The summed E-state index contributed by atoms with van der Waals surface area (Å²) in [6, 6.07) is 3.79. The molecular formula is C21H28F2N2O4. The largest absolute Gasteiger partial charge is 0.494 e. The van der Waals surface area contributed by atoms with Crippen LogP contribution in [-0.2, 0) is 4.74 Å². The highest BCUT2D eigenvalue weighted by molar-refractivity contribution is 5.24. The molecule has 0 bridgehead atoms. The summed E-state index contributed by atoms with van der Waals surface area (Å²) >= 11 is 0. The number of rotatable bonds is 4. The molecule has 1 aliphatic rings. The molecule has 3 rings (SSSR count). The van der Waals surface area contributed by atoms with E-state index in [4.69, 9.17) is 4.74 Å². The average molecular weight is 410 g/mol. The van der Waals surface area contributed by atoms with Crippen molar-refractivity contribution in [3.63, 3.8) is 0 Å². The van der Waals surface area contributed by atoms with Crippen molar-refractivity contribution >= 4 is 0 Å². The van der Waals surface area contributed by atoms with E-state index in [2.05, 4.69) is 21.6 Å². The molecule has 1 saturated heterocycles. The standard InChI is InChI=1S/C14H22N2O3.C7H6F2O/c1-7-5-11(19-10(7)4)13-15-9(3)12(8(2)6-17)14(18)16-13;1-10-6-4-2-3-5(8)7(6)9/h7-8,10-11,17H,5-6H2,1-4H3,(H,15,16,18);2-4H,1H3. The number of aromatic nitrogens is 2. The van der Waals surface area contributed by atoms with Crippen molar-refractivity contribution in [2.75, 3.05) is 13.7 Å². The number of ether oxygens (including phenoxy) is 2. The van der Waals surface area contributed by atoms with E-state index in [0.29, 0.717) is 23.0 Å². The molecular weight excluding hydrogens is 382 g/mol. The van der Waals surface area contributed by atoms with Crippen LogP contribution < -0.4 is 10.3 Å². The highest BCUT2D eigenvalue weighted by Gasteiger charge is 2.32. The zero-order valence-corrected chi connectivity index (χ0v) is 17.3. The molecule has 2 aromatic rings. The van der Waals surface area contributed by atoms with Crippen LogP contribution in [0.5, 0.6) is 5.75 Å². The van der Waals surface area contributed by atoms with E-state index in [9.17, 15) is 18.7 Å². The van der Waals surface area contributed by atoms with Gasteiger partial charge < -0.3 is 19.6 Å². The summed E-state index contributed by atoms with van der Waals surface area (Å²) < 4.78 is 35.1. The molecule has 8 heteroatoms. The Morgan fingerprint density at radius 3 is 2.55 bits per heavy atom. The number of hydrogen-bond acceptors (Lipinski definition) is 5. The first-order valence-electron chi connectivity index (χ1n) is 9.54. The Balaban J connectivity index is 0.000000253. The average Bonchev–Trinajstić information content (AvgIpc) is 3.02. The Morgan fingerprint density at radius 2 is 2.07 bits per heavy atom. The number of methoxy groups -OCH3 is 1. The van der Waals surface area contributed by atoms with Crippen molar-refractivity contribution in [3.8, 4) is 5.75 Å². The maximum absolute atomic E-state index is 12.5. The van der Waals surface area contributed by atoms with Crippen molar-refractivity contribution in [1.29, 1.82) is 0 Å². The fourth-order valence-corrected chi connectivity index (χ4v) is 3.24. The fraction of sp³-hybridized carbons (Fsp3) is 0.524. The van der Waals surface area contributed by atoms with Gasteiger partial charge in [0.25, 0.3) is 5.56 Å². The summed E-state index contributed by atoms with van der Waals surface area (Å²) in [7, 11) is 1.29. The summed E-state index contributed by atoms with van der Waals surface area (Å²) in [5.74, 6) is -1.03. The second-order valence-corrected chi connectivity index (χ2v) is 7.33. The third kappa shape index (κ3) is 5.39. The molecule has 4 unspecified atom stereocenters. The lowest BCUT2D eigenvalue weighted by Gasteiger charge is -2.14.